The number of rotatable bonds is 4. The number of imidazole rings is 1. The highest BCUT2D eigenvalue weighted by Gasteiger charge is 2.32. The van der Waals surface area contributed by atoms with Crippen LogP contribution in [-0.4, -0.2) is 14.5 Å². The van der Waals surface area contributed by atoms with Crippen LogP contribution < -0.4 is 0 Å². The first-order valence-corrected chi connectivity index (χ1v) is 11.5. The Bertz CT molecular complexity index is 1060. The summed E-state index contributed by atoms with van der Waals surface area (Å²) in [5, 5.41) is 3.50. The molecule has 1 unspecified atom stereocenters. The molecule has 1 aliphatic carbocycles. The number of benzene rings is 1. The molecule has 0 saturated heterocycles. The number of para-hydroxylation sites is 1. The van der Waals surface area contributed by atoms with Gasteiger partial charge in [-0.25, -0.2) is 4.98 Å². The molecule has 1 atom stereocenters. The molecular formula is C23H22BrN3S. The fourth-order valence-electron chi connectivity index (χ4n) is 4.76. The van der Waals surface area contributed by atoms with Gasteiger partial charge in [-0.15, -0.1) is 11.3 Å². The molecule has 0 aliphatic heterocycles. The Hall–Kier alpha value is -1.98. The number of thiophene rings is 1. The standard InChI is InChI=1S/C23H22BrN3S/c24-20-10-14-28-23(20)22(27-13-12-25-15-27)17-7-5-16(6-8-17)18-9-11-26-21-4-2-1-3-19(18)21/h1-4,9-17,22H,5-8H2. The number of nitrogens with zero attached hydrogens (tertiary/aromatic N) is 3. The lowest BCUT2D eigenvalue weighted by atomic mass is 9.75. The van der Waals surface area contributed by atoms with Crippen molar-refractivity contribution < 1.29 is 0 Å². The van der Waals surface area contributed by atoms with Crippen molar-refractivity contribution >= 4 is 38.2 Å². The number of halogens is 1. The minimum absolute atomic E-state index is 0.368. The summed E-state index contributed by atoms with van der Waals surface area (Å²) < 4.78 is 3.52. The van der Waals surface area contributed by atoms with Gasteiger partial charge in [-0.05, 0) is 82.6 Å². The zero-order valence-electron chi connectivity index (χ0n) is 15.5. The van der Waals surface area contributed by atoms with Crippen LogP contribution >= 0.6 is 27.3 Å². The first-order valence-electron chi connectivity index (χ1n) is 9.85. The van der Waals surface area contributed by atoms with Gasteiger partial charge in [0.2, 0.25) is 0 Å². The lowest BCUT2D eigenvalue weighted by Crippen LogP contribution is -2.24. The van der Waals surface area contributed by atoms with Crippen molar-refractivity contribution in [3.8, 4) is 0 Å². The van der Waals surface area contributed by atoms with E-state index in [1.165, 1.54) is 46.0 Å². The maximum Gasteiger partial charge on any atom is 0.0952 e. The monoisotopic (exact) mass is 451 g/mol. The molecule has 3 nitrogen and oxygen atoms in total. The summed E-state index contributed by atoms with van der Waals surface area (Å²) in [5.74, 6) is 1.26. The Kier molecular flexibility index (Phi) is 5.03. The van der Waals surface area contributed by atoms with E-state index in [1.807, 2.05) is 30.1 Å². The summed E-state index contributed by atoms with van der Waals surface area (Å²) >= 11 is 5.61. The van der Waals surface area contributed by atoms with E-state index in [0.29, 0.717) is 17.9 Å². The van der Waals surface area contributed by atoms with Crippen LogP contribution in [0.25, 0.3) is 10.9 Å². The highest BCUT2D eigenvalue weighted by molar-refractivity contribution is 9.10. The highest BCUT2D eigenvalue weighted by Crippen LogP contribution is 2.46. The molecule has 0 radical (unpaired) electrons. The second-order valence-corrected chi connectivity index (χ2v) is 9.42. The van der Waals surface area contributed by atoms with Gasteiger partial charge < -0.3 is 4.57 Å². The van der Waals surface area contributed by atoms with E-state index in [1.54, 1.807) is 0 Å². The molecule has 1 saturated carbocycles. The summed E-state index contributed by atoms with van der Waals surface area (Å²) in [6, 6.07) is 13.3. The third kappa shape index (κ3) is 3.31. The fourth-order valence-corrected chi connectivity index (χ4v) is 6.57. The van der Waals surface area contributed by atoms with Gasteiger partial charge in [0.15, 0.2) is 0 Å². The van der Waals surface area contributed by atoms with Gasteiger partial charge in [-0.3, -0.25) is 4.98 Å². The third-order valence-corrected chi connectivity index (χ3v) is 8.04. The predicted molar refractivity (Wildman–Crippen MR) is 119 cm³/mol. The van der Waals surface area contributed by atoms with Crippen molar-refractivity contribution in [2.45, 2.75) is 37.6 Å². The van der Waals surface area contributed by atoms with Crippen LogP contribution in [0, 0.1) is 5.92 Å². The molecule has 5 heteroatoms. The molecule has 0 amide bonds. The topological polar surface area (TPSA) is 30.7 Å². The predicted octanol–water partition coefficient (Wildman–Crippen LogP) is 6.82. The normalized spacial score (nSPS) is 21.0. The molecule has 5 rings (SSSR count). The Balaban J connectivity index is 1.41. The van der Waals surface area contributed by atoms with Crippen molar-refractivity contribution in [2.75, 3.05) is 0 Å². The Morgan fingerprint density at radius 2 is 1.89 bits per heavy atom. The van der Waals surface area contributed by atoms with E-state index in [-0.39, 0.29) is 0 Å². The van der Waals surface area contributed by atoms with E-state index >= 15 is 0 Å². The molecule has 1 fully saturated rings. The third-order valence-electron chi connectivity index (χ3n) is 6.10. The fraction of sp³-hybridized carbons (Fsp3) is 0.304. The first-order chi connectivity index (χ1) is 13.8. The molecule has 0 N–H and O–H groups in total. The minimum atomic E-state index is 0.368. The second kappa shape index (κ2) is 7.80. The van der Waals surface area contributed by atoms with Crippen LogP contribution in [0.3, 0.4) is 0 Å². The van der Waals surface area contributed by atoms with Gasteiger partial charge in [-0.1, -0.05) is 18.2 Å². The molecule has 142 valence electrons. The summed E-state index contributed by atoms with van der Waals surface area (Å²) in [6.45, 7) is 0. The SMILES string of the molecule is Brc1ccsc1C(C1CCC(c2ccnc3ccccc23)CC1)n1ccnc1. The zero-order valence-corrected chi connectivity index (χ0v) is 17.9. The first kappa shape index (κ1) is 18.1. The van der Waals surface area contributed by atoms with Gasteiger partial charge in [0.25, 0.3) is 0 Å². The molecule has 28 heavy (non-hydrogen) atoms. The number of fused-ring (bicyclic) bond motifs is 1. The minimum Gasteiger partial charge on any atom is -0.329 e. The molecule has 0 bridgehead atoms. The lowest BCUT2D eigenvalue weighted by molar-refractivity contribution is 0.262. The molecule has 3 aromatic heterocycles. The van der Waals surface area contributed by atoms with Crippen LogP contribution in [0.15, 0.2) is 71.2 Å². The van der Waals surface area contributed by atoms with Gasteiger partial charge in [-0.2, -0.15) is 0 Å². The zero-order chi connectivity index (χ0) is 18.9. The van der Waals surface area contributed by atoms with Crippen LogP contribution in [-0.2, 0) is 0 Å². The summed E-state index contributed by atoms with van der Waals surface area (Å²) in [4.78, 5) is 10.3. The quantitative estimate of drug-likeness (QED) is 0.340. The van der Waals surface area contributed by atoms with Crippen LogP contribution in [0.4, 0.5) is 0 Å². The Morgan fingerprint density at radius 1 is 1.04 bits per heavy atom. The number of aromatic nitrogens is 3. The van der Waals surface area contributed by atoms with Crippen LogP contribution in [0.1, 0.15) is 48.1 Å². The molecule has 1 aromatic carbocycles. The second-order valence-electron chi connectivity index (χ2n) is 7.62. The molecule has 3 heterocycles. The van der Waals surface area contributed by atoms with Crippen LogP contribution in [0.5, 0.6) is 0 Å². The number of hydrogen-bond donors (Lipinski definition) is 0. The average molecular weight is 452 g/mol. The summed E-state index contributed by atoms with van der Waals surface area (Å²) in [5.41, 5.74) is 2.58. The van der Waals surface area contributed by atoms with Crippen molar-refractivity contribution in [3.05, 3.63) is 81.6 Å². The largest absolute Gasteiger partial charge is 0.329 e. The molecular weight excluding hydrogens is 430 g/mol. The van der Waals surface area contributed by atoms with E-state index in [0.717, 1.165) is 5.52 Å². The van der Waals surface area contributed by atoms with E-state index in [4.69, 9.17) is 0 Å². The number of pyridine rings is 1. The van der Waals surface area contributed by atoms with E-state index < -0.39 is 0 Å². The lowest BCUT2D eigenvalue weighted by Gasteiger charge is -2.35. The summed E-state index contributed by atoms with van der Waals surface area (Å²) in [6.07, 6.45) is 12.9. The average Bonchev–Trinajstić information content (AvgIpc) is 3.41. The molecule has 4 aromatic rings. The smallest absolute Gasteiger partial charge is 0.0952 e. The maximum atomic E-state index is 4.54. The van der Waals surface area contributed by atoms with Crippen molar-refractivity contribution in [1.82, 2.24) is 14.5 Å². The van der Waals surface area contributed by atoms with Gasteiger partial charge in [0.05, 0.1) is 17.9 Å². The van der Waals surface area contributed by atoms with Crippen molar-refractivity contribution in [3.63, 3.8) is 0 Å². The molecule has 0 spiro atoms. The highest BCUT2D eigenvalue weighted by atomic mass is 79.9. The van der Waals surface area contributed by atoms with E-state index in [9.17, 15) is 0 Å². The van der Waals surface area contributed by atoms with E-state index in [2.05, 4.69) is 78.4 Å². The molecule has 1 aliphatic rings. The van der Waals surface area contributed by atoms with Gasteiger partial charge in [0, 0.05) is 33.3 Å². The van der Waals surface area contributed by atoms with Gasteiger partial charge in [0.1, 0.15) is 0 Å². The van der Waals surface area contributed by atoms with Crippen molar-refractivity contribution in [1.29, 1.82) is 0 Å². The summed E-state index contributed by atoms with van der Waals surface area (Å²) in [7, 11) is 0. The Labute approximate surface area is 177 Å². The Morgan fingerprint density at radius 3 is 2.64 bits per heavy atom. The maximum absolute atomic E-state index is 4.54. The van der Waals surface area contributed by atoms with Crippen molar-refractivity contribution in [2.24, 2.45) is 5.92 Å². The number of hydrogen-bond acceptors (Lipinski definition) is 3. The van der Waals surface area contributed by atoms with Crippen LogP contribution in [0.2, 0.25) is 0 Å². The van der Waals surface area contributed by atoms with Gasteiger partial charge >= 0.3 is 0 Å².